The summed E-state index contributed by atoms with van der Waals surface area (Å²) in [7, 11) is 0. The Kier molecular flexibility index (Phi) is 6.31. The van der Waals surface area contributed by atoms with Crippen LogP contribution >= 0.6 is 0 Å². The number of ether oxygens (including phenoxy) is 1. The average molecular weight is 349 g/mol. The van der Waals surface area contributed by atoms with Gasteiger partial charge in [0.1, 0.15) is 0 Å². The number of nitrogens with zero attached hydrogens (tertiary/aromatic N) is 4. The maximum Gasteiger partial charge on any atom is 0.317 e. The second-order valence-corrected chi connectivity index (χ2v) is 7.56. The first-order valence-electron chi connectivity index (χ1n) is 9.46. The summed E-state index contributed by atoms with van der Waals surface area (Å²) in [6.45, 7) is 10.4. The number of carbonyl (C=O) groups is 1. The molecule has 0 aromatic carbocycles. The first kappa shape index (κ1) is 18.2. The number of nitrogens with one attached hydrogen (secondary N) is 1. The summed E-state index contributed by atoms with van der Waals surface area (Å²) in [6.07, 6.45) is 7.73. The third kappa shape index (κ3) is 5.19. The molecule has 2 saturated heterocycles. The van der Waals surface area contributed by atoms with E-state index < -0.39 is 0 Å². The van der Waals surface area contributed by atoms with Crippen molar-refractivity contribution in [2.75, 3.05) is 45.9 Å². The quantitative estimate of drug-likeness (QED) is 0.877. The lowest BCUT2D eigenvalue weighted by Crippen LogP contribution is -2.51. The van der Waals surface area contributed by atoms with E-state index in [4.69, 9.17) is 4.74 Å². The summed E-state index contributed by atoms with van der Waals surface area (Å²) in [4.78, 5) is 20.9. The number of morpholine rings is 1. The van der Waals surface area contributed by atoms with Crippen molar-refractivity contribution in [1.29, 1.82) is 0 Å². The minimum atomic E-state index is 0.0358. The maximum absolute atomic E-state index is 12.4. The van der Waals surface area contributed by atoms with Crippen LogP contribution in [0.4, 0.5) is 4.79 Å². The largest absolute Gasteiger partial charge is 0.374 e. The molecule has 1 aromatic heterocycles. The van der Waals surface area contributed by atoms with E-state index in [-0.39, 0.29) is 12.1 Å². The molecule has 0 unspecified atom stereocenters. The molecule has 7 nitrogen and oxygen atoms in total. The highest BCUT2D eigenvalue weighted by molar-refractivity contribution is 5.74. The summed E-state index contributed by atoms with van der Waals surface area (Å²) in [5.41, 5.74) is 0. The standard InChI is InChI=1S/C18H31N5O2/c1-15(2)12-21-9-10-25-17(13-21)11-20-18(24)22-6-3-16(4-7-22)23-8-5-19-14-23/h5,8,14-17H,3-4,6-7,9-13H2,1-2H3,(H,20,24)/t17-/m1/s1. The molecule has 2 fully saturated rings. The van der Waals surface area contributed by atoms with Crippen LogP contribution < -0.4 is 5.32 Å². The van der Waals surface area contributed by atoms with E-state index in [1.54, 1.807) is 0 Å². The fourth-order valence-corrected chi connectivity index (χ4v) is 3.75. The molecule has 7 heteroatoms. The number of rotatable bonds is 5. The Morgan fingerprint density at radius 3 is 2.80 bits per heavy atom. The number of likely N-dealkylation sites (tertiary alicyclic amines) is 1. The lowest BCUT2D eigenvalue weighted by atomic mass is 10.1. The van der Waals surface area contributed by atoms with E-state index >= 15 is 0 Å². The van der Waals surface area contributed by atoms with Gasteiger partial charge < -0.3 is 19.5 Å². The van der Waals surface area contributed by atoms with Crippen LogP contribution in [-0.4, -0.2) is 77.4 Å². The van der Waals surface area contributed by atoms with Gasteiger partial charge in [-0.2, -0.15) is 0 Å². The number of hydrogen-bond donors (Lipinski definition) is 1. The number of imidazole rings is 1. The lowest BCUT2D eigenvalue weighted by Gasteiger charge is -2.35. The van der Waals surface area contributed by atoms with Gasteiger partial charge in [-0.15, -0.1) is 0 Å². The van der Waals surface area contributed by atoms with E-state index in [0.29, 0.717) is 18.5 Å². The molecule has 3 rings (SSSR count). The molecule has 140 valence electrons. The van der Waals surface area contributed by atoms with Gasteiger partial charge >= 0.3 is 6.03 Å². The van der Waals surface area contributed by atoms with E-state index in [2.05, 4.69) is 33.6 Å². The van der Waals surface area contributed by atoms with Crippen molar-refractivity contribution >= 4 is 6.03 Å². The molecule has 0 aliphatic carbocycles. The van der Waals surface area contributed by atoms with E-state index in [9.17, 15) is 4.79 Å². The molecular weight excluding hydrogens is 318 g/mol. The van der Waals surface area contributed by atoms with Crippen LogP contribution in [-0.2, 0) is 4.74 Å². The van der Waals surface area contributed by atoms with Crippen LogP contribution in [0.2, 0.25) is 0 Å². The van der Waals surface area contributed by atoms with Crippen LogP contribution in [0.15, 0.2) is 18.7 Å². The zero-order valence-electron chi connectivity index (χ0n) is 15.4. The van der Waals surface area contributed by atoms with Crippen molar-refractivity contribution in [3.8, 4) is 0 Å². The van der Waals surface area contributed by atoms with Crippen molar-refractivity contribution in [3.63, 3.8) is 0 Å². The van der Waals surface area contributed by atoms with Gasteiger partial charge in [0.15, 0.2) is 0 Å². The van der Waals surface area contributed by atoms with Crippen LogP contribution in [0.25, 0.3) is 0 Å². The van der Waals surface area contributed by atoms with Crippen LogP contribution in [0, 0.1) is 5.92 Å². The van der Waals surface area contributed by atoms with Gasteiger partial charge in [0.05, 0.1) is 19.0 Å². The van der Waals surface area contributed by atoms with Crippen molar-refractivity contribution in [1.82, 2.24) is 24.7 Å². The Hall–Kier alpha value is -1.60. The minimum Gasteiger partial charge on any atom is -0.374 e. The molecule has 25 heavy (non-hydrogen) atoms. The highest BCUT2D eigenvalue weighted by Gasteiger charge is 2.25. The fourth-order valence-electron chi connectivity index (χ4n) is 3.75. The van der Waals surface area contributed by atoms with Gasteiger partial charge in [0, 0.05) is 57.7 Å². The first-order valence-corrected chi connectivity index (χ1v) is 9.46. The molecule has 0 spiro atoms. The Morgan fingerprint density at radius 1 is 1.32 bits per heavy atom. The molecular formula is C18H31N5O2. The highest BCUT2D eigenvalue weighted by atomic mass is 16.5. The fraction of sp³-hybridized carbons (Fsp3) is 0.778. The molecule has 1 atom stereocenters. The third-order valence-corrected chi connectivity index (χ3v) is 5.03. The molecule has 2 aliphatic heterocycles. The second kappa shape index (κ2) is 8.67. The topological polar surface area (TPSA) is 62.6 Å². The zero-order chi connectivity index (χ0) is 17.6. The van der Waals surface area contributed by atoms with Crippen molar-refractivity contribution < 1.29 is 9.53 Å². The monoisotopic (exact) mass is 349 g/mol. The van der Waals surface area contributed by atoms with Gasteiger partial charge in [0.2, 0.25) is 0 Å². The molecule has 0 radical (unpaired) electrons. The number of urea groups is 1. The third-order valence-electron chi connectivity index (χ3n) is 5.03. The normalized spacial score (nSPS) is 23.2. The molecule has 2 aliphatic rings. The lowest BCUT2D eigenvalue weighted by molar-refractivity contribution is -0.0295. The van der Waals surface area contributed by atoms with Crippen molar-refractivity contribution in [2.24, 2.45) is 5.92 Å². The minimum absolute atomic E-state index is 0.0358. The number of carbonyl (C=O) groups excluding carboxylic acids is 1. The van der Waals surface area contributed by atoms with E-state index in [1.807, 2.05) is 23.6 Å². The molecule has 3 heterocycles. The Balaban J connectivity index is 1.38. The van der Waals surface area contributed by atoms with Crippen molar-refractivity contribution in [2.45, 2.75) is 38.8 Å². The predicted molar refractivity (Wildman–Crippen MR) is 96.5 cm³/mol. The van der Waals surface area contributed by atoms with Crippen molar-refractivity contribution in [3.05, 3.63) is 18.7 Å². The SMILES string of the molecule is CC(C)CN1CCO[C@H](CNC(=O)N2CCC(n3ccnc3)CC2)C1. The van der Waals surface area contributed by atoms with Crippen LogP contribution in [0.3, 0.4) is 0 Å². The molecule has 0 saturated carbocycles. The van der Waals surface area contributed by atoms with Crippen LogP contribution in [0.1, 0.15) is 32.7 Å². The number of amides is 2. The summed E-state index contributed by atoms with van der Waals surface area (Å²) in [5, 5.41) is 3.06. The molecule has 2 amide bonds. The Bertz CT molecular complexity index is 526. The predicted octanol–water partition coefficient (Wildman–Crippen LogP) is 1.59. The second-order valence-electron chi connectivity index (χ2n) is 7.56. The number of piperidine rings is 1. The van der Waals surface area contributed by atoms with Crippen LogP contribution in [0.5, 0.6) is 0 Å². The van der Waals surface area contributed by atoms with Gasteiger partial charge in [-0.1, -0.05) is 13.8 Å². The Labute approximate surface area is 150 Å². The first-order chi connectivity index (χ1) is 12.1. The van der Waals surface area contributed by atoms with Gasteiger partial charge in [-0.3, -0.25) is 4.90 Å². The number of aromatic nitrogens is 2. The average Bonchev–Trinajstić information content (AvgIpc) is 3.14. The number of hydrogen-bond acceptors (Lipinski definition) is 4. The summed E-state index contributed by atoms with van der Waals surface area (Å²) in [6, 6.07) is 0.492. The highest BCUT2D eigenvalue weighted by Crippen LogP contribution is 2.21. The van der Waals surface area contributed by atoms with E-state index in [0.717, 1.165) is 52.2 Å². The van der Waals surface area contributed by atoms with Gasteiger partial charge in [-0.25, -0.2) is 9.78 Å². The molecule has 1 aromatic rings. The molecule has 1 N–H and O–H groups in total. The summed E-state index contributed by atoms with van der Waals surface area (Å²) in [5.74, 6) is 0.658. The van der Waals surface area contributed by atoms with Gasteiger partial charge in [0.25, 0.3) is 0 Å². The maximum atomic E-state index is 12.4. The summed E-state index contributed by atoms with van der Waals surface area (Å²) >= 11 is 0. The molecule has 0 bridgehead atoms. The zero-order valence-corrected chi connectivity index (χ0v) is 15.4. The summed E-state index contributed by atoms with van der Waals surface area (Å²) < 4.78 is 7.96. The Morgan fingerprint density at radius 2 is 2.12 bits per heavy atom. The van der Waals surface area contributed by atoms with E-state index in [1.165, 1.54) is 0 Å². The smallest absolute Gasteiger partial charge is 0.317 e. The van der Waals surface area contributed by atoms with Gasteiger partial charge in [-0.05, 0) is 18.8 Å².